The standard InChI is InChI=1S/C29H34N4O7S/c1-20(2)31-29(35)19-40-23-10-8-22(9-11-23)17-30-32-28(34)18-33(26-15-12-24(38-4)16-27(26)39-5)41(36,37)25-13-6-21(3)7-14-25/h6-17,20H,18-19H2,1-5H3,(H,31,35)(H,32,34)/b30-17-. The maximum Gasteiger partial charge on any atom is 0.264 e. The Labute approximate surface area is 240 Å². The number of nitrogens with one attached hydrogen (secondary N) is 2. The third kappa shape index (κ3) is 8.70. The van der Waals surface area contributed by atoms with E-state index in [1.807, 2.05) is 20.8 Å². The number of ether oxygens (including phenoxy) is 3. The number of hydrogen-bond acceptors (Lipinski definition) is 8. The van der Waals surface area contributed by atoms with Crippen molar-refractivity contribution in [3.63, 3.8) is 0 Å². The minimum Gasteiger partial charge on any atom is -0.497 e. The molecule has 0 aromatic heterocycles. The number of benzene rings is 3. The van der Waals surface area contributed by atoms with Crippen LogP contribution in [0.1, 0.15) is 25.0 Å². The molecule has 2 amide bonds. The van der Waals surface area contributed by atoms with Crippen LogP contribution >= 0.6 is 0 Å². The summed E-state index contributed by atoms with van der Waals surface area (Å²) in [7, 11) is -1.28. The van der Waals surface area contributed by atoms with Crippen LogP contribution in [0.25, 0.3) is 0 Å². The second-order valence-electron chi connectivity index (χ2n) is 9.24. The van der Waals surface area contributed by atoms with E-state index in [0.717, 1.165) is 9.87 Å². The van der Waals surface area contributed by atoms with Gasteiger partial charge in [-0.05, 0) is 74.9 Å². The molecule has 0 aliphatic carbocycles. The Morgan fingerprint density at radius 1 is 0.927 bits per heavy atom. The third-order valence-corrected chi connectivity index (χ3v) is 7.43. The van der Waals surface area contributed by atoms with Gasteiger partial charge in [0.2, 0.25) is 0 Å². The number of methoxy groups -OCH3 is 2. The van der Waals surface area contributed by atoms with E-state index in [1.54, 1.807) is 42.5 Å². The Balaban J connectivity index is 1.74. The van der Waals surface area contributed by atoms with Crippen molar-refractivity contribution in [3.8, 4) is 17.2 Å². The summed E-state index contributed by atoms with van der Waals surface area (Å²) < 4.78 is 44.4. The van der Waals surface area contributed by atoms with Crippen molar-refractivity contribution in [2.45, 2.75) is 31.7 Å². The minimum absolute atomic E-state index is 0.0151. The highest BCUT2D eigenvalue weighted by atomic mass is 32.2. The summed E-state index contributed by atoms with van der Waals surface area (Å²) in [6.07, 6.45) is 1.40. The molecule has 218 valence electrons. The molecule has 0 saturated heterocycles. The van der Waals surface area contributed by atoms with Gasteiger partial charge >= 0.3 is 0 Å². The van der Waals surface area contributed by atoms with Crippen LogP contribution in [0.5, 0.6) is 17.2 Å². The van der Waals surface area contributed by atoms with E-state index in [9.17, 15) is 18.0 Å². The number of anilines is 1. The lowest BCUT2D eigenvalue weighted by Gasteiger charge is -2.25. The first-order valence-corrected chi connectivity index (χ1v) is 14.1. The van der Waals surface area contributed by atoms with Gasteiger partial charge in [0.15, 0.2) is 6.61 Å². The molecule has 0 aliphatic heterocycles. The zero-order chi connectivity index (χ0) is 30.0. The maximum atomic E-state index is 13.7. The van der Waals surface area contributed by atoms with Gasteiger partial charge in [-0.15, -0.1) is 0 Å². The van der Waals surface area contributed by atoms with E-state index >= 15 is 0 Å². The summed E-state index contributed by atoms with van der Waals surface area (Å²) in [5.41, 5.74) is 4.06. The molecule has 0 aliphatic rings. The summed E-state index contributed by atoms with van der Waals surface area (Å²) in [4.78, 5) is 24.6. The van der Waals surface area contributed by atoms with Gasteiger partial charge in [-0.1, -0.05) is 17.7 Å². The maximum absolute atomic E-state index is 13.7. The van der Waals surface area contributed by atoms with Crippen LogP contribution in [-0.2, 0) is 19.6 Å². The molecule has 11 nitrogen and oxygen atoms in total. The molecule has 3 rings (SSSR count). The quantitative estimate of drug-likeness (QED) is 0.233. The van der Waals surface area contributed by atoms with E-state index in [4.69, 9.17) is 14.2 Å². The smallest absolute Gasteiger partial charge is 0.264 e. The Morgan fingerprint density at radius 2 is 1.59 bits per heavy atom. The molecule has 0 radical (unpaired) electrons. The first-order valence-electron chi connectivity index (χ1n) is 12.7. The van der Waals surface area contributed by atoms with E-state index < -0.39 is 22.5 Å². The second kappa shape index (κ2) is 14.2. The van der Waals surface area contributed by atoms with Gasteiger partial charge < -0.3 is 19.5 Å². The molecule has 0 spiro atoms. The van der Waals surface area contributed by atoms with E-state index in [1.165, 1.54) is 44.7 Å². The zero-order valence-corrected chi connectivity index (χ0v) is 24.4. The normalized spacial score (nSPS) is 11.3. The number of hydrazone groups is 1. The van der Waals surface area contributed by atoms with Crippen LogP contribution in [0.4, 0.5) is 5.69 Å². The highest BCUT2D eigenvalue weighted by Gasteiger charge is 2.29. The van der Waals surface area contributed by atoms with Crippen molar-refractivity contribution >= 4 is 33.7 Å². The predicted octanol–water partition coefficient (Wildman–Crippen LogP) is 3.26. The molecule has 0 saturated carbocycles. The second-order valence-corrected chi connectivity index (χ2v) is 11.1. The molecule has 0 fully saturated rings. The Bertz CT molecular complexity index is 1470. The van der Waals surface area contributed by atoms with E-state index in [2.05, 4.69) is 15.8 Å². The van der Waals surface area contributed by atoms with Crippen molar-refractivity contribution in [1.29, 1.82) is 0 Å². The Hall–Kier alpha value is -4.58. The fourth-order valence-electron chi connectivity index (χ4n) is 3.64. The van der Waals surface area contributed by atoms with E-state index in [0.29, 0.717) is 17.1 Å². The predicted molar refractivity (Wildman–Crippen MR) is 156 cm³/mol. The average molecular weight is 583 g/mol. The van der Waals surface area contributed by atoms with Gasteiger partial charge in [-0.2, -0.15) is 5.10 Å². The lowest BCUT2D eigenvalue weighted by molar-refractivity contribution is -0.123. The summed E-state index contributed by atoms with van der Waals surface area (Å²) >= 11 is 0. The molecular formula is C29H34N4O7S. The number of hydrogen-bond donors (Lipinski definition) is 2. The number of carbonyl (C=O) groups is 2. The third-order valence-electron chi connectivity index (χ3n) is 5.65. The van der Waals surface area contributed by atoms with Crippen molar-refractivity contribution < 1.29 is 32.2 Å². The Morgan fingerprint density at radius 3 is 2.20 bits per heavy atom. The van der Waals surface area contributed by atoms with Gasteiger partial charge in [-0.25, -0.2) is 13.8 Å². The number of aryl methyl sites for hydroxylation is 1. The first-order chi connectivity index (χ1) is 19.5. The number of amides is 2. The number of nitrogens with zero attached hydrogens (tertiary/aromatic N) is 2. The van der Waals surface area contributed by atoms with E-state index in [-0.39, 0.29) is 34.9 Å². The highest BCUT2D eigenvalue weighted by Crippen LogP contribution is 2.35. The van der Waals surface area contributed by atoms with Gasteiger partial charge in [0.25, 0.3) is 21.8 Å². The van der Waals surface area contributed by atoms with Gasteiger partial charge in [-0.3, -0.25) is 13.9 Å². The molecule has 2 N–H and O–H groups in total. The summed E-state index contributed by atoms with van der Waals surface area (Å²) in [6, 6.07) is 17.7. The molecule has 0 bridgehead atoms. The number of sulfonamides is 1. The first kappa shape index (κ1) is 31.0. The van der Waals surface area contributed by atoms with Crippen LogP contribution in [0.3, 0.4) is 0 Å². The Kier molecular flexibility index (Phi) is 10.7. The zero-order valence-electron chi connectivity index (χ0n) is 23.6. The summed E-state index contributed by atoms with van der Waals surface area (Å²) in [5.74, 6) is 0.267. The topological polar surface area (TPSA) is 136 Å². The highest BCUT2D eigenvalue weighted by molar-refractivity contribution is 7.92. The molecule has 0 unspecified atom stereocenters. The SMILES string of the molecule is COc1ccc(N(CC(=O)N/N=C\c2ccc(OCC(=O)NC(C)C)cc2)S(=O)(=O)c2ccc(C)cc2)c(OC)c1. The molecule has 41 heavy (non-hydrogen) atoms. The summed E-state index contributed by atoms with van der Waals surface area (Å²) in [5, 5.41) is 6.70. The van der Waals surface area contributed by atoms with Crippen molar-refractivity contribution in [1.82, 2.24) is 10.7 Å². The van der Waals surface area contributed by atoms with Crippen LogP contribution in [-0.4, -0.2) is 59.9 Å². The van der Waals surface area contributed by atoms with Crippen LogP contribution in [0.15, 0.2) is 76.7 Å². The lowest BCUT2D eigenvalue weighted by Crippen LogP contribution is -2.39. The molecule has 12 heteroatoms. The minimum atomic E-state index is -4.16. The molecule has 0 heterocycles. The summed E-state index contributed by atoms with van der Waals surface area (Å²) in [6.45, 7) is 4.89. The monoisotopic (exact) mass is 582 g/mol. The molecule has 3 aromatic carbocycles. The fourth-order valence-corrected chi connectivity index (χ4v) is 5.07. The molecule has 0 atom stereocenters. The van der Waals surface area contributed by atoms with Crippen LogP contribution < -0.4 is 29.3 Å². The van der Waals surface area contributed by atoms with Gasteiger partial charge in [0.1, 0.15) is 23.8 Å². The van der Waals surface area contributed by atoms with Crippen LogP contribution in [0.2, 0.25) is 0 Å². The molecule has 3 aromatic rings. The van der Waals surface area contributed by atoms with Crippen molar-refractivity contribution in [2.75, 3.05) is 31.7 Å². The van der Waals surface area contributed by atoms with Gasteiger partial charge in [0, 0.05) is 12.1 Å². The van der Waals surface area contributed by atoms with Crippen molar-refractivity contribution in [2.24, 2.45) is 5.10 Å². The van der Waals surface area contributed by atoms with Gasteiger partial charge in [0.05, 0.1) is 31.0 Å². The van der Waals surface area contributed by atoms with Crippen LogP contribution in [0, 0.1) is 6.92 Å². The average Bonchev–Trinajstić information content (AvgIpc) is 2.95. The number of carbonyl (C=O) groups excluding carboxylic acids is 2. The largest absolute Gasteiger partial charge is 0.497 e. The molecular weight excluding hydrogens is 548 g/mol. The lowest BCUT2D eigenvalue weighted by atomic mass is 10.2. The number of rotatable bonds is 13. The fraction of sp³-hybridized carbons (Fsp3) is 0.276. The van der Waals surface area contributed by atoms with Crippen molar-refractivity contribution in [3.05, 3.63) is 77.9 Å².